The number of amides is 2. The summed E-state index contributed by atoms with van der Waals surface area (Å²) in [5, 5.41) is 16.0. The van der Waals surface area contributed by atoms with Crippen molar-refractivity contribution in [3.8, 4) is 16.8 Å². The fourth-order valence-corrected chi connectivity index (χ4v) is 7.35. The molecule has 2 heterocycles. The van der Waals surface area contributed by atoms with Crippen molar-refractivity contribution in [1.82, 2.24) is 14.1 Å². The predicted octanol–water partition coefficient (Wildman–Crippen LogP) is 6.04. The van der Waals surface area contributed by atoms with Gasteiger partial charge < -0.3 is 16.2 Å². The Hall–Kier alpha value is -4.69. The molecule has 1 aliphatic heterocycles. The van der Waals surface area contributed by atoms with Crippen molar-refractivity contribution < 1.29 is 36.3 Å². The number of anilines is 1. The van der Waals surface area contributed by atoms with Gasteiger partial charge in [-0.25, -0.2) is 17.9 Å². The smallest absolute Gasteiger partial charge is 0.435 e. The minimum Gasteiger partial charge on any atom is -0.464 e. The summed E-state index contributed by atoms with van der Waals surface area (Å²) in [5.41, 5.74) is 5.40. The van der Waals surface area contributed by atoms with Crippen LogP contribution >= 0.6 is 0 Å². The maximum atomic E-state index is 13.5. The van der Waals surface area contributed by atoms with Crippen molar-refractivity contribution in [2.45, 2.75) is 44.4 Å². The minimum atomic E-state index is -4.80. The van der Waals surface area contributed by atoms with E-state index < -0.39 is 45.4 Å². The first-order valence-electron chi connectivity index (χ1n) is 13.3. The molecule has 0 aliphatic carbocycles. The van der Waals surface area contributed by atoms with Gasteiger partial charge in [0.2, 0.25) is 0 Å². The van der Waals surface area contributed by atoms with Crippen LogP contribution in [0.15, 0.2) is 77.7 Å². The van der Waals surface area contributed by atoms with Crippen molar-refractivity contribution in [1.29, 1.82) is 0 Å². The molecular formula is C30H28F3N5O5S. The van der Waals surface area contributed by atoms with Crippen LogP contribution in [0.1, 0.15) is 54.1 Å². The molecule has 2 amide bonds. The van der Waals surface area contributed by atoms with Crippen molar-refractivity contribution in [3.63, 3.8) is 0 Å². The zero-order chi connectivity index (χ0) is 32.2. The molecule has 14 heteroatoms. The number of carboxylic acid groups (broad SMARTS) is 1. The van der Waals surface area contributed by atoms with E-state index in [0.717, 1.165) is 4.68 Å². The van der Waals surface area contributed by atoms with E-state index in [0.29, 0.717) is 27.1 Å². The molecule has 44 heavy (non-hydrogen) atoms. The van der Waals surface area contributed by atoms with Gasteiger partial charge in [-0.2, -0.15) is 22.6 Å². The molecule has 1 aliphatic rings. The Kier molecular flexibility index (Phi) is 7.54. The maximum absolute atomic E-state index is 13.5. The van der Waals surface area contributed by atoms with Gasteiger partial charge in [0, 0.05) is 23.9 Å². The fraction of sp³-hybridized carbons (Fsp3) is 0.233. The number of hydrogen-bond donors (Lipinski definition) is 3. The lowest BCUT2D eigenvalue weighted by Crippen LogP contribution is -2.39. The molecule has 0 spiro atoms. The molecule has 0 fully saturated rings. The van der Waals surface area contributed by atoms with Crippen LogP contribution in [-0.2, 0) is 22.7 Å². The molecule has 0 bridgehead atoms. The van der Waals surface area contributed by atoms with Gasteiger partial charge >= 0.3 is 12.3 Å². The average Bonchev–Trinajstić information content (AvgIpc) is 3.51. The Balaban J connectivity index is 1.49. The first-order chi connectivity index (χ1) is 20.5. The molecule has 230 valence electrons. The second kappa shape index (κ2) is 10.8. The van der Waals surface area contributed by atoms with E-state index in [2.05, 4.69) is 10.4 Å². The van der Waals surface area contributed by atoms with Crippen LogP contribution in [0.25, 0.3) is 16.8 Å². The van der Waals surface area contributed by atoms with E-state index in [1.165, 1.54) is 36.4 Å². The zero-order valence-corrected chi connectivity index (χ0v) is 24.6. The molecule has 1 atom stereocenters. The van der Waals surface area contributed by atoms with Gasteiger partial charge in [0.25, 0.3) is 15.9 Å². The van der Waals surface area contributed by atoms with Gasteiger partial charge in [-0.1, -0.05) is 63.2 Å². The third-order valence-electron chi connectivity index (χ3n) is 7.18. The Morgan fingerprint density at radius 1 is 1.00 bits per heavy atom. The topological polar surface area (TPSA) is 148 Å². The van der Waals surface area contributed by atoms with E-state index >= 15 is 0 Å². The summed E-state index contributed by atoms with van der Waals surface area (Å²) >= 11 is 0. The van der Waals surface area contributed by atoms with Crippen LogP contribution in [-0.4, -0.2) is 39.6 Å². The number of nitrogens with two attached hydrogens (primary N) is 1. The SMILES string of the molecule is CC(C)(C)C1c2cccc(-c3ccc(NC(=O)c4cc(C(F)(F)F)nn4-c4cccc(CN)c4)cc3)c2S(=O)(=O)N1C(=O)O. The lowest BCUT2D eigenvalue weighted by atomic mass is 9.81. The van der Waals surface area contributed by atoms with Crippen LogP contribution in [0.3, 0.4) is 0 Å². The molecule has 0 saturated carbocycles. The molecule has 10 nitrogen and oxygen atoms in total. The zero-order valence-electron chi connectivity index (χ0n) is 23.8. The number of benzene rings is 3. The van der Waals surface area contributed by atoms with Crippen molar-refractivity contribution in [2.75, 3.05) is 5.32 Å². The Bertz CT molecular complexity index is 1880. The normalized spacial score (nSPS) is 16.1. The van der Waals surface area contributed by atoms with Crippen LogP contribution < -0.4 is 11.1 Å². The molecular weight excluding hydrogens is 599 g/mol. The lowest BCUT2D eigenvalue weighted by molar-refractivity contribution is -0.141. The van der Waals surface area contributed by atoms with E-state index in [1.807, 2.05) is 0 Å². The van der Waals surface area contributed by atoms with Gasteiger partial charge in [0.1, 0.15) is 10.6 Å². The molecule has 4 N–H and O–H groups in total. The summed E-state index contributed by atoms with van der Waals surface area (Å²) in [6, 6.07) is 16.8. The van der Waals surface area contributed by atoms with Gasteiger partial charge in [0.05, 0.1) is 11.7 Å². The number of alkyl halides is 3. The Morgan fingerprint density at radius 3 is 2.25 bits per heavy atom. The highest BCUT2D eigenvalue weighted by molar-refractivity contribution is 7.90. The van der Waals surface area contributed by atoms with Crippen LogP contribution in [0.5, 0.6) is 0 Å². The molecule has 4 aromatic rings. The molecule has 0 radical (unpaired) electrons. The van der Waals surface area contributed by atoms with E-state index in [1.54, 1.807) is 51.1 Å². The molecule has 1 unspecified atom stereocenters. The third kappa shape index (κ3) is 5.42. The van der Waals surface area contributed by atoms with Crippen LogP contribution in [0.2, 0.25) is 0 Å². The van der Waals surface area contributed by atoms with Gasteiger partial charge in [-0.3, -0.25) is 4.79 Å². The minimum absolute atomic E-state index is 0.123. The number of sulfonamides is 1. The van der Waals surface area contributed by atoms with Crippen molar-refractivity contribution in [2.24, 2.45) is 11.1 Å². The molecule has 5 rings (SSSR count). The highest BCUT2D eigenvalue weighted by Crippen LogP contribution is 2.51. The molecule has 1 aromatic heterocycles. The Labute approximate surface area is 251 Å². The van der Waals surface area contributed by atoms with Crippen LogP contribution in [0.4, 0.5) is 23.7 Å². The van der Waals surface area contributed by atoms with E-state index in [-0.39, 0.29) is 34.1 Å². The first-order valence-corrected chi connectivity index (χ1v) is 14.8. The number of carbonyl (C=O) groups is 2. The van der Waals surface area contributed by atoms with Gasteiger partial charge in [-0.05, 0) is 46.4 Å². The molecule has 0 saturated heterocycles. The fourth-order valence-electron chi connectivity index (χ4n) is 5.30. The number of rotatable bonds is 5. The summed E-state index contributed by atoms with van der Waals surface area (Å²) in [6.45, 7) is 5.38. The number of nitrogens with zero attached hydrogens (tertiary/aromatic N) is 3. The largest absolute Gasteiger partial charge is 0.464 e. The lowest BCUT2D eigenvalue weighted by Gasteiger charge is -2.32. The number of nitrogens with one attached hydrogen (secondary N) is 1. The monoisotopic (exact) mass is 627 g/mol. The number of hydrogen-bond acceptors (Lipinski definition) is 6. The first kappa shape index (κ1) is 30.8. The second-order valence-electron chi connectivity index (χ2n) is 11.3. The van der Waals surface area contributed by atoms with E-state index in [9.17, 15) is 36.3 Å². The average molecular weight is 628 g/mol. The number of carbonyl (C=O) groups excluding carboxylic acids is 1. The van der Waals surface area contributed by atoms with Crippen molar-refractivity contribution in [3.05, 3.63) is 95.3 Å². The number of aromatic nitrogens is 2. The molecule has 3 aromatic carbocycles. The number of fused-ring (bicyclic) bond motifs is 1. The summed E-state index contributed by atoms with van der Waals surface area (Å²) in [5.74, 6) is -0.868. The van der Waals surface area contributed by atoms with Gasteiger partial charge in [-0.15, -0.1) is 0 Å². The highest BCUT2D eigenvalue weighted by atomic mass is 32.2. The summed E-state index contributed by atoms with van der Waals surface area (Å²) in [6.07, 6.45) is -6.39. The van der Waals surface area contributed by atoms with Crippen molar-refractivity contribution >= 4 is 27.7 Å². The standard InChI is InChI=1S/C30H28F3N5O5S/c1-29(2,3)26-22-9-5-8-21(25(22)44(42,43)38(26)28(40)41)18-10-12-19(13-11-18)35-27(39)23-15-24(30(31,32)33)36-37(23)20-7-4-6-17(14-20)16-34/h4-15,26H,16,34H2,1-3H3,(H,35,39)(H,40,41). The van der Waals surface area contributed by atoms with E-state index in [4.69, 9.17) is 5.73 Å². The quantitative estimate of drug-likeness (QED) is 0.244. The van der Waals surface area contributed by atoms with Gasteiger partial charge in [0.15, 0.2) is 5.69 Å². The van der Waals surface area contributed by atoms with Crippen LogP contribution in [0, 0.1) is 5.41 Å². The summed E-state index contributed by atoms with van der Waals surface area (Å²) in [7, 11) is -4.41. The Morgan fingerprint density at radius 2 is 1.66 bits per heavy atom. The second-order valence-corrected chi connectivity index (χ2v) is 13.1. The number of halogens is 3. The third-order valence-corrected chi connectivity index (χ3v) is 9.03. The predicted molar refractivity (Wildman–Crippen MR) is 156 cm³/mol. The highest BCUT2D eigenvalue weighted by Gasteiger charge is 2.51. The maximum Gasteiger partial charge on any atom is 0.435 e. The summed E-state index contributed by atoms with van der Waals surface area (Å²) < 4.78 is 69.0. The summed E-state index contributed by atoms with van der Waals surface area (Å²) in [4.78, 5) is 25.2.